The quantitative estimate of drug-likeness (QED) is 0.0641. The Bertz CT molecular complexity index is 381. The molecule has 0 heterocycles. The van der Waals surface area contributed by atoms with Crippen LogP contribution in [0.2, 0.25) is 0 Å². The maximum absolute atomic E-state index is 2.31. The minimum atomic E-state index is 1.37. The fourth-order valence-corrected chi connectivity index (χ4v) is 7.33. The van der Waals surface area contributed by atoms with Crippen LogP contribution in [0.25, 0.3) is 0 Å². The zero-order valence-electron chi connectivity index (χ0n) is 29.3. The molecule has 0 nitrogen and oxygen atoms in total. The first-order chi connectivity index (χ1) is 20.4. The third-order valence-corrected chi connectivity index (χ3v) is 10.4. The fourth-order valence-electron chi connectivity index (χ4n) is 6.31. The van der Waals surface area contributed by atoms with Gasteiger partial charge in [-0.15, -0.1) is 0 Å². The van der Waals surface area contributed by atoms with Crippen molar-refractivity contribution >= 4 is 11.8 Å². The van der Waals surface area contributed by atoms with Crippen molar-refractivity contribution in [3.63, 3.8) is 0 Å². The Morgan fingerprint density at radius 1 is 0.195 bits per heavy atom. The van der Waals surface area contributed by atoms with Gasteiger partial charge in [-0.05, 0) is 24.3 Å². The van der Waals surface area contributed by atoms with Gasteiger partial charge in [0.1, 0.15) is 0 Å². The van der Waals surface area contributed by atoms with Gasteiger partial charge in [-0.2, -0.15) is 11.8 Å². The summed E-state index contributed by atoms with van der Waals surface area (Å²) in [5, 5.41) is 0. The molecule has 0 unspecified atom stereocenters. The Morgan fingerprint density at radius 3 is 0.512 bits per heavy atom. The lowest BCUT2D eigenvalue weighted by Gasteiger charge is -2.05. The summed E-state index contributed by atoms with van der Waals surface area (Å²) in [5.41, 5.74) is 0. The van der Waals surface area contributed by atoms with Gasteiger partial charge in [0.05, 0.1) is 0 Å². The molecule has 0 aromatic heterocycles. The normalized spacial score (nSPS) is 11.6. The van der Waals surface area contributed by atoms with Crippen molar-refractivity contribution in [1.82, 2.24) is 0 Å². The topological polar surface area (TPSA) is 0 Å². The molecule has 0 aliphatic rings. The highest BCUT2D eigenvalue weighted by atomic mass is 32.2. The average molecular weight is 595 g/mol. The van der Waals surface area contributed by atoms with Crippen molar-refractivity contribution < 1.29 is 0 Å². The second-order valence-electron chi connectivity index (χ2n) is 13.6. The second-order valence-corrected chi connectivity index (χ2v) is 14.9. The molecule has 1 heteroatoms. The van der Waals surface area contributed by atoms with Crippen molar-refractivity contribution in [1.29, 1.82) is 0 Å². The molecule has 0 saturated heterocycles. The molecule has 0 bridgehead atoms. The van der Waals surface area contributed by atoms with E-state index >= 15 is 0 Å². The molecule has 0 rings (SSSR count). The maximum atomic E-state index is 2.31. The first-order valence-electron chi connectivity index (χ1n) is 20.0. The van der Waals surface area contributed by atoms with E-state index in [1.165, 1.54) is 243 Å². The minimum Gasteiger partial charge on any atom is -0.162 e. The van der Waals surface area contributed by atoms with Gasteiger partial charge in [0.15, 0.2) is 0 Å². The summed E-state index contributed by atoms with van der Waals surface area (Å²) in [7, 11) is 0. The zero-order valence-corrected chi connectivity index (χ0v) is 30.1. The van der Waals surface area contributed by atoms with Gasteiger partial charge < -0.3 is 0 Å². The van der Waals surface area contributed by atoms with Crippen molar-refractivity contribution in [3.05, 3.63) is 0 Å². The molecule has 0 atom stereocenters. The van der Waals surface area contributed by atoms with Crippen LogP contribution in [0.4, 0.5) is 0 Å². The van der Waals surface area contributed by atoms with Gasteiger partial charge in [-0.25, -0.2) is 0 Å². The van der Waals surface area contributed by atoms with E-state index in [0.29, 0.717) is 0 Å². The molecule has 41 heavy (non-hydrogen) atoms. The molecule has 0 N–H and O–H groups in total. The van der Waals surface area contributed by atoms with Crippen LogP contribution >= 0.6 is 11.8 Å². The summed E-state index contributed by atoms with van der Waals surface area (Å²) in [6.07, 6.45) is 53.2. The van der Waals surface area contributed by atoms with Crippen LogP contribution in [0.5, 0.6) is 0 Å². The monoisotopic (exact) mass is 595 g/mol. The molecule has 0 aliphatic heterocycles. The molecule has 248 valence electrons. The van der Waals surface area contributed by atoms with E-state index in [2.05, 4.69) is 25.6 Å². The predicted octanol–water partition coefficient (Wildman–Crippen LogP) is 15.8. The Hall–Kier alpha value is 0.350. The molecule has 0 radical (unpaired) electrons. The van der Waals surface area contributed by atoms with E-state index in [9.17, 15) is 0 Å². The van der Waals surface area contributed by atoms with Crippen molar-refractivity contribution in [2.75, 3.05) is 11.5 Å². The van der Waals surface area contributed by atoms with Gasteiger partial charge in [-0.3, -0.25) is 0 Å². The Balaban J connectivity index is 3.02. The number of rotatable bonds is 38. The first kappa shape index (κ1) is 41.4. The van der Waals surface area contributed by atoms with E-state index < -0.39 is 0 Å². The second kappa shape index (κ2) is 40.4. The van der Waals surface area contributed by atoms with Crippen LogP contribution < -0.4 is 0 Å². The molecule has 0 spiro atoms. The minimum absolute atomic E-state index is 1.37. The molecule has 0 saturated carbocycles. The van der Waals surface area contributed by atoms with E-state index in [1.54, 1.807) is 0 Å². The van der Waals surface area contributed by atoms with E-state index in [-0.39, 0.29) is 0 Å². The van der Waals surface area contributed by atoms with Crippen LogP contribution in [-0.4, -0.2) is 11.5 Å². The summed E-state index contributed by atoms with van der Waals surface area (Å²) < 4.78 is 0. The van der Waals surface area contributed by atoms with Crippen molar-refractivity contribution in [2.24, 2.45) is 0 Å². The number of unbranched alkanes of at least 4 members (excludes halogenated alkanes) is 34. The van der Waals surface area contributed by atoms with Gasteiger partial charge in [0.2, 0.25) is 0 Å². The third kappa shape index (κ3) is 40.4. The fraction of sp³-hybridized carbons (Fsp3) is 1.00. The lowest BCUT2D eigenvalue weighted by Crippen LogP contribution is -1.87. The zero-order chi connectivity index (χ0) is 29.6. The first-order valence-corrected chi connectivity index (χ1v) is 21.1. The number of hydrogen-bond acceptors (Lipinski definition) is 1. The average Bonchev–Trinajstić information content (AvgIpc) is 2.98. The molecular weight excluding hydrogens is 513 g/mol. The van der Waals surface area contributed by atoms with Crippen molar-refractivity contribution in [3.8, 4) is 0 Å². The van der Waals surface area contributed by atoms with Crippen LogP contribution in [0.15, 0.2) is 0 Å². The molecule has 0 aliphatic carbocycles. The van der Waals surface area contributed by atoms with Crippen LogP contribution in [0.3, 0.4) is 0 Å². The highest BCUT2D eigenvalue weighted by molar-refractivity contribution is 7.99. The van der Waals surface area contributed by atoms with Crippen LogP contribution in [0.1, 0.15) is 245 Å². The maximum Gasteiger partial charge on any atom is -0.00675 e. The summed E-state index contributed by atoms with van der Waals surface area (Å²) in [6.45, 7) is 4.62. The van der Waals surface area contributed by atoms with E-state index in [1.807, 2.05) is 0 Å². The Labute approximate surface area is 267 Å². The largest absolute Gasteiger partial charge is 0.162 e. The molecular formula is C40H82S. The Morgan fingerprint density at radius 2 is 0.341 bits per heavy atom. The van der Waals surface area contributed by atoms with Gasteiger partial charge in [0.25, 0.3) is 0 Å². The van der Waals surface area contributed by atoms with Crippen molar-refractivity contribution in [2.45, 2.75) is 245 Å². The van der Waals surface area contributed by atoms with E-state index in [0.717, 1.165) is 0 Å². The van der Waals surface area contributed by atoms with Crippen LogP contribution in [0, 0.1) is 0 Å². The van der Waals surface area contributed by atoms with E-state index in [4.69, 9.17) is 0 Å². The van der Waals surface area contributed by atoms with Gasteiger partial charge >= 0.3 is 0 Å². The lowest BCUT2D eigenvalue weighted by molar-refractivity contribution is 0.523. The summed E-state index contributed by atoms with van der Waals surface area (Å²) >= 11 is 2.23. The highest BCUT2D eigenvalue weighted by Gasteiger charge is 1.97. The lowest BCUT2D eigenvalue weighted by atomic mass is 10.0. The molecule has 0 fully saturated rings. The van der Waals surface area contributed by atoms with Gasteiger partial charge in [-0.1, -0.05) is 232 Å². The number of thioether (sulfide) groups is 1. The SMILES string of the molecule is CCCCCCCCCCCCCCCCCCCCCCSCCCCCCCCCCCCCCCCCC. The summed E-state index contributed by atoms with van der Waals surface area (Å²) in [4.78, 5) is 0. The van der Waals surface area contributed by atoms with Gasteiger partial charge in [0, 0.05) is 0 Å². The predicted molar refractivity (Wildman–Crippen MR) is 195 cm³/mol. The molecule has 0 amide bonds. The molecule has 0 aromatic carbocycles. The Kier molecular flexibility index (Phi) is 40.7. The van der Waals surface area contributed by atoms with Crippen LogP contribution in [-0.2, 0) is 0 Å². The smallest absolute Gasteiger partial charge is 0.00675 e. The highest BCUT2D eigenvalue weighted by Crippen LogP contribution is 2.17. The third-order valence-electron chi connectivity index (χ3n) is 9.28. The number of hydrogen-bond donors (Lipinski definition) is 0. The molecule has 0 aromatic rings. The standard InChI is InChI=1S/C40H82S/c1-3-5-7-9-11-13-15-17-19-21-22-23-24-26-28-30-32-34-36-38-40-41-39-37-35-33-31-29-27-25-20-18-16-14-12-10-8-6-4-2/h3-40H2,1-2H3. The summed E-state index contributed by atoms with van der Waals surface area (Å²) in [5.74, 6) is 2.83. The summed E-state index contributed by atoms with van der Waals surface area (Å²) in [6, 6.07) is 0.